The van der Waals surface area contributed by atoms with Crippen molar-refractivity contribution in [2.45, 2.75) is 19.1 Å². The Bertz CT molecular complexity index is 1120. The lowest BCUT2D eigenvalue weighted by Crippen LogP contribution is -2.44. The number of methoxy groups -OCH3 is 1. The van der Waals surface area contributed by atoms with Crippen molar-refractivity contribution in [1.29, 1.82) is 0 Å². The number of amides is 1. The van der Waals surface area contributed by atoms with Gasteiger partial charge in [-0.15, -0.1) is 0 Å². The van der Waals surface area contributed by atoms with E-state index in [1.165, 1.54) is 0 Å². The van der Waals surface area contributed by atoms with Gasteiger partial charge in [0.1, 0.15) is 17.6 Å². The number of carbonyl (C=O) groups is 1. The molecule has 33 heavy (non-hydrogen) atoms. The van der Waals surface area contributed by atoms with Gasteiger partial charge in [0.15, 0.2) is 0 Å². The number of nitrogens with one attached hydrogen (secondary N) is 1. The summed E-state index contributed by atoms with van der Waals surface area (Å²) in [5, 5.41) is 3.60. The Morgan fingerprint density at radius 2 is 1.91 bits per heavy atom. The fraction of sp³-hybridized carbons (Fsp3) is 0.296. The van der Waals surface area contributed by atoms with Gasteiger partial charge in [0.25, 0.3) is 5.91 Å². The fourth-order valence-electron chi connectivity index (χ4n) is 4.05. The van der Waals surface area contributed by atoms with E-state index < -0.39 is 0 Å². The zero-order valence-electron chi connectivity index (χ0n) is 19.6. The number of hydrogen-bond donors (Lipinski definition) is 1. The molecule has 0 aromatic heterocycles. The zero-order valence-corrected chi connectivity index (χ0v) is 19.6. The van der Waals surface area contributed by atoms with E-state index >= 15 is 0 Å². The quantitative estimate of drug-likeness (QED) is 0.574. The third-order valence-electron chi connectivity index (χ3n) is 5.89. The molecule has 0 saturated heterocycles. The van der Waals surface area contributed by atoms with Crippen LogP contribution in [0.25, 0.3) is 0 Å². The van der Waals surface area contributed by atoms with Gasteiger partial charge in [0, 0.05) is 37.9 Å². The van der Waals surface area contributed by atoms with Gasteiger partial charge in [-0.25, -0.2) is 0 Å². The first kappa shape index (κ1) is 22.7. The van der Waals surface area contributed by atoms with Crippen molar-refractivity contribution in [2.24, 2.45) is 0 Å². The van der Waals surface area contributed by atoms with Crippen molar-refractivity contribution < 1.29 is 14.3 Å². The maximum absolute atomic E-state index is 12.5. The van der Waals surface area contributed by atoms with Crippen LogP contribution in [0.1, 0.15) is 28.9 Å². The average molecular weight is 446 g/mol. The molecule has 0 saturated carbocycles. The molecule has 172 valence electrons. The zero-order chi connectivity index (χ0) is 23.4. The van der Waals surface area contributed by atoms with Crippen molar-refractivity contribution in [2.75, 3.05) is 39.2 Å². The Morgan fingerprint density at radius 3 is 2.70 bits per heavy atom. The normalized spacial score (nSPS) is 15.9. The van der Waals surface area contributed by atoms with Crippen LogP contribution < -0.4 is 19.7 Å². The van der Waals surface area contributed by atoms with E-state index in [9.17, 15) is 4.79 Å². The first-order valence-electron chi connectivity index (χ1n) is 11.2. The molecule has 3 aromatic rings. The average Bonchev–Trinajstić information content (AvgIpc) is 2.86. The number of rotatable bonds is 7. The van der Waals surface area contributed by atoms with Crippen LogP contribution in [-0.4, -0.2) is 51.2 Å². The molecule has 0 radical (unpaired) electrons. The van der Waals surface area contributed by atoms with Crippen LogP contribution in [-0.2, 0) is 0 Å². The number of fused-ring (bicyclic) bond motifs is 1. The maximum atomic E-state index is 12.5. The molecule has 0 bridgehead atoms. The molecule has 1 N–H and O–H groups in total. The molecule has 6 heteroatoms. The molecule has 2 atom stereocenters. The molecule has 0 aliphatic carbocycles. The number of nitrogens with zero attached hydrogens (tertiary/aromatic N) is 2. The van der Waals surface area contributed by atoms with Gasteiger partial charge in [-0.1, -0.05) is 30.3 Å². The van der Waals surface area contributed by atoms with Crippen LogP contribution in [0.3, 0.4) is 0 Å². The summed E-state index contributed by atoms with van der Waals surface area (Å²) < 4.78 is 11.7. The molecular weight excluding hydrogens is 414 g/mol. The van der Waals surface area contributed by atoms with Gasteiger partial charge < -0.3 is 24.6 Å². The van der Waals surface area contributed by atoms with Crippen molar-refractivity contribution in [3.8, 4) is 11.5 Å². The summed E-state index contributed by atoms with van der Waals surface area (Å²) in [6, 6.07) is 24.1. The topological polar surface area (TPSA) is 54.0 Å². The van der Waals surface area contributed by atoms with Gasteiger partial charge in [-0.3, -0.25) is 4.79 Å². The molecule has 1 aliphatic rings. The molecule has 3 aromatic carbocycles. The molecule has 1 aliphatic heterocycles. The number of ether oxygens (including phenoxy) is 2. The third-order valence-corrected chi connectivity index (χ3v) is 5.89. The molecule has 4 rings (SSSR count). The first-order chi connectivity index (χ1) is 16.0. The van der Waals surface area contributed by atoms with E-state index in [1.807, 2.05) is 60.7 Å². The minimum absolute atomic E-state index is 0.0104. The summed E-state index contributed by atoms with van der Waals surface area (Å²) in [5.74, 6) is 1.68. The highest BCUT2D eigenvalue weighted by atomic mass is 16.5. The smallest absolute Gasteiger partial charge is 0.253 e. The van der Waals surface area contributed by atoms with Gasteiger partial charge in [-0.2, -0.15) is 0 Å². The molecule has 0 fully saturated rings. The Balaban J connectivity index is 1.53. The van der Waals surface area contributed by atoms with E-state index in [2.05, 4.69) is 29.3 Å². The lowest BCUT2D eigenvalue weighted by atomic mass is 10.1. The van der Waals surface area contributed by atoms with Crippen LogP contribution in [0.4, 0.5) is 11.4 Å². The van der Waals surface area contributed by atoms with Gasteiger partial charge in [0.05, 0.1) is 19.3 Å². The Labute approximate surface area is 195 Å². The summed E-state index contributed by atoms with van der Waals surface area (Å²) in [4.78, 5) is 16.3. The highest BCUT2D eigenvalue weighted by molar-refractivity contribution is 5.95. The van der Waals surface area contributed by atoms with Crippen molar-refractivity contribution in [3.63, 3.8) is 0 Å². The van der Waals surface area contributed by atoms with E-state index in [0.717, 1.165) is 28.4 Å². The second-order valence-corrected chi connectivity index (χ2v) is 8.47. The lowest BCUT2D eigenvalue weighted by Gasteiger charge is -2.37. The molecular formula is C27H31N3O3. The predicted molar refractivity (Wildman–Crippen MR) is 132 cm³/mol. The maximum Gasteiger partial charge on any atom is 0.253 e. The van der Waals surface area contributed by atoms with E-state index in [0.29, 0.717) is 18.7 Å². The summed E-state index contributed by atoms with van der Waals surface area (Å²) in [5.41, 5.74) is 3.81. The van der Waals surface area contributed by atoms with Crippen LogP contribution in [0.5, 0.6) is 11.5 Å². The standard InChI is InChI=1S/C27H31N3O3/c1-19(20-9-8-12-23(16-20)32-4)28-17-24-18-30(25-13-5-6-14-26(25)33-24)22-11-7-10-21(15-22)27(31)29(2)3/h5-16,19,24,28H,17-18H2,1-4H3/t19-,24?/m1/s1. The SMILES string of the molecule is COc1cccc([C@@H](C)NCC2CN(c3cccc(C(=O)N(C)C)c3)c3ccccc3O2)c1. The number of hydrogen-bond acceptors (Lipinski definition) is 5. The largest absolute Gasteiger partial charge is 0.497 e. The van der Waals surface area contributed by atoms with Crippen LogP contribution in [0, 0.1) is 0 Å². The molecule has 1 unspecified atom stereocenters. The molecule has 0 spiro atoms. The number of benzene rings is 3. The van der Waals surface area contributed by atoms with Crippen LogP contribution in [0.2, 0.25) is 0 Å². The van der Waals surface area contributed by atoms with Crippen LogP contribution in [0.15, 0.2) is 72.8 Å². The van der Waals surface area contributed by atoms with E-state index in [-0.39, 0.29) is 18.1 Å². The summed E-state index contributed by atoms with van der Waals surface area (Å²) in [7, 11) is 5.22. The highest BCUT2D eigenvalue weighted by Gasteiger charge is 2.27. The fourth-order valence-corrected chi connectivity index (χ4v) is 4.05. The molecule has 1 heterocycles. The number of carbonyl (C=O) groups excluding carboxylic acids is 1. The molecule has 1 amide bonds. The lowest BCUT2D eigenvalue weighted by molar-refractivity contribution is 0.0827. The second-order valence-electron chi connectivity index (χ2n) is 8.47. The van der Waals surface area contributed by atoms with Gasteiger partial charge >= 0.3 is 0 Å². The van der Waals surface area contributed by atoms with Crippen molar-refractivity contribution in [1.82, 2.24) is 10.2 Å². The number of anilines is 2. The second kappa shape index (κ2) is 9.96. The van der Waals surface area contributed by atoms with E-state index in [4.69, 9.17) is 9.47 Å². The van der Waals surface area contributed by atoms with Crippen molar-refractivity contribution in [3.05, 3.63) is 83.9 Å². The Kier molecular flexibility index (Phi) is 6.84. The Morgan fingerprint density at radius 1 is 1.12 bits per heavy atom. The van der Waals surface area contributed by atoms with Crippen LogP contribution >= 0.6 is 0 Å². The van der Waals surface area contributed by atoms with E-state index in [1.54, 1.807) is 26.1 Å². The van der Waals surface area contributed by atoms with Gasteiger partial charge in [0.2, 0.25) is 0 Å². The minimum Gasteiger partial charge on any atom is -0.497 e. The highest BCUT2D eigenvalue weighted by Crippen LogP contribution is 2.38. The summed E-state index contributed by atoms with van der Waals surface area (Å²) in [6.07, 6.45) is -0.0545. The Hall–Kier alpha value is -3.51. The summed E-state index contributed by atoms with van der Waals surface area (Å²) in [6.45, 7) is 3.49. The van der Waals surface area contributed by atoms with Crippen molar-refractivity contribution >= 4 is 17.3 Å². The predicted octanol–water partition coefficient (Wildman–Crippen LogP) is 4.65. The number of para-hydroxylation sites is 2. The monoisotopic (exact) mass is 445 g/mol. The minimum atomic E-state index is -0.0545. The summed E-state index contributed by atoms with van der Waals surface area (Å²) >= 11 is 0. The third kappa shape index (κ3) is 5.12. The first-order valence-corrected chi connectivity index (χ1v) is 11.2. The molecule has 6 nitrogen and oxygen atoms in total. The van der Waals surface area contributed by atoms with Gasteiger partial charge in [-0.05, 0) is 55.0 Å².